The Hall–Kier alpha value is -2.93. The van der Waals surface area contributed by atoms with Crippen molar-refractivity contribution in [3.63, 3.8) is 0 Å². The lowest BCUT2D eigenvalue weighted by atomic mass is 9.85. The number of rotatable bonds is 3. The molecule has 0 saturated heterocycles. The van der Waals surface area contributed by atoms with E-state index >= 15 is 0 Å². The number of fused-ring (bicyclic) bond motifs is 1. The molecule has 116 valence electrons. The van der Waals surface area contributed by atoms with Crippen LogP contribution in [-0.4, -0.2) is 5.78 Å². The van der Waals surface area contributed by atoms with Crippen molar-refractivity contribution in [2.75, 3.05) is 0 Å². The molecule has 3 aromatic rings. The Kier molecular flexibility index (Phi) is 3.62. The number of aryl methyl sites for hydroxylation is 1. The minimum Gasteiger partial charge on any atom is -0.289 e. The van der Waals surface area contributed by atoms with Gasteiger partial charge >= 0.3 is 0 Å². The van der Waals surface area contributed by atoms with Gasteiger partial charge in [0.15, 0.2) is 5.78 Å². The summed E-state index contributed by atoms with van der Waals surface area (Å²) in [6, 6.07) is 26.4. The molecule has 0 bridgehead atoms. The Labute approximate surface area is 142 Å². The predicted molar refractivity (Wildman–Crippen MR) is 98.2 cm³/mol. The van der Waals surface area contributed by atoms with E-state index in [4.69, 9.17) is 0 Å². The molecule has 0 saturated carbocycles. The summed E-state index contributed by atoms with van der Waals surface area (Å²) in [4.78, 5) is 13.1. The maximum Gasteiger partial charge on any atom is 0.189 e. The zero-order valence-electron chi connectivity index (χ0n) is 13.6. The van der Waals surface area contributed by atoms with Gasteiger partial charge in [-0.25, -0.2) is 0 Å². The molecule has 0 N–H and O–H groups in total. The summed E-state index contributed by atoms with van der Waals surface area (Å²) in [5.74, 6) is 0.122. The molecule has 0 spiro atoms. The Balaban J connectivity index is 1.81. The molecule has 1 aliphatic rings. The van der Waals surface area contributed by atoms with Gasteiger partial charge in [0.2, 0.25) is 0 Å². The van der Waals surface area contributed by atoms with E-state index < -0.39 is 0 Å². The van der Waals surface area contributed by atoms with Crippen molar-refractivity contribution in [2.24, 2.45) is 0 Å². The lowest BCUT2D eigenvalue weighted by Gasteiger charge is -2.17. The first-order valence-corrected chi connectivity index (χ1v) is 8.21. The smallest absolute Gasteiger partial charge is 0.189 e. The third kappa shape index (κ3) is 2.48. The van der Waals surface area contributed by atoms with E-state index in [0.29, 0.717) is 0 Å². The molecule has 1 unspecified atom stereocenters. The van der Waals surface area contributed by atoms with Crippen LogP contribution >= 0.6 is 0 Å². The molecular weight excluding hydrogens is 292 g/mol. The van der Waals surface area contributed by atoms with E-state index in [1.54, 1.807) is 0 Å². The Morgan fingerprint density at radius 1 is 0.792 bits per heavy atom. The van der Waals surface area contributed by atoms with Crippen LogP contribution in [0.15, 0.2) is 84.4 Å². The second kappa shape index (κ2) is 5.93. The topological polar surface area (TPSA) is 17.1 Å². The molecule has 0 heterocycles. The number of carbonyl (C=O) groups is 1. The van der Waals surface area contributed by atoms with Crippen LogP contribution in [0.3, 0.4) is 0 Å². The largest absolute Gasteiger partial charge is 0.289 e. The molecule has 1 heteroatoms. The number of allylic oxidation sites excluding steroid dienone is 1. The van der Waals surface area contributed by atoms with Gasteiger partial charge in [0.05, 0.1) is 0 Å². The number of ketones is 1. The van der Waals surface area contributed by atoms with E-state index in [1.807, 2.05) is 61.5 Å². The number of hydrogen-bond acceptors (Lipinski definition) is 1. The van der Waals surface area contributed by atoms with Crippen LogP contribution < -0.4 is 0 Å². The van der Waals surface area contributed by atoms with Crippen molar-refractivity contribution in [1.29, 1.82) is 0 Å². The molecule has 1 nitrogen and oxygen atoms in total. The van der Waals surface area contributed by atoms with Crippen LogP contribution in [0.5, 0.6) is 0 Å². The van der Waals surface area contributed by atoms with Crippen molar-refractivity contribution in [3.05, 3.63) is 112 Å². The van der Waals surface area contributed by atoms with E-state index in [-0.39, 0.29) is 11.7 Å². The molecule has 1 atom stereocenters. The van der Waals surface area contributed by atoms with Gasteiger partial charge in [-0.05, 0) is 29.7 Å². The monoisotopic (exact) mass is 310 g/mol. The van der Waals surface area contributed by atoms with Gasteiger partial charge in [-0.15, -0.1) is 0 Å². The lowest BCUT2D eigenvalue weighted by molar-refractivity contribution is 0.103. The van der Waals surface area contributed by atoms with Gasteiger partial charge in [-0.3, -0.25) is 4.79 Å². The summed E-state index contributed by atoms with van der Waals surface area (Å²) in [5, 5.41) is 0. The first kappa shape index (κ1) is 14.6. The Morgan fingerprint density at radius 2 is 1.46 bits per heavy atom. The summed E-state index contributed by atoms with van der Waals surface area (Å²) >= 11 is 0. The van der Waals surface area contributed by atoms with Crippen LogP contribution in [0, 0.1) is 6.92 Å². The third-order valence-electron chi connectivity index (χ3n) is 4.64. The van der Waals surface area contributed by atoms with Crippen molar-refractivity contribution in [2.45, 2.75) is 12.8 Å². The van der Waals surface area contributed by atoms with E-state index in [0.717, 1.165) is 27.8 Å². The molecule has 4 rings (SSSR count). The average molecular weight is 310 g/mol. The third-order valence-corrected chi connectivity index (χ3v) is 4.64. The molecule has 0 amide bonds. The van der Waals surface area contributed by atoms with Gasteiger partial charge in [0.1, 0.15) is 0 Å². The molecular formula is C23H18O. The van der Waals surface area contributed by atoms with Crippen molar-refractivity contribution in [3.8, 4) is 0 Å². The normalized spacial score (nSPS) is 15.7. The van der Waals surface area contributed by atoms with Crippen molar-refractivity contribution >= 4 is 11.9 Å². The fourth-order valence-corrected chi connectivity index (χ4v) is 3.40. The zero-order chi connectivity index (χ0) is 16.5. The standard InChI is InChI=1S/C23H18O/c1-16-11-13-18(14-12-16)23(24)21-15-19-9-5-6-10-20(19)22(21)17-7-3-2-4-8-17/h2-15,22H,1H3. The number of hydrogen-bond donors (Lipinski definition) is 0. The predicted octanol–water partition coefficient (Wildman–Crippen LogP) is 5.41. The second-order valence-electron chi connectivity index (χ2n) is 6.27. The van der Waals surface area contributed by atoms with Gasteiger partial charge in [-0.1, -0.05) is 84.4 Å². The molecule has 24 heavy (non-hydrogen) atoms. The molecule has 0 fully saturated rings. The Bertz CT molecular complexity index is 918. The Morgan fingerprint density at radius 3 is 2.21 bits per heavy atom. The first-order chi connectivity index (χ1) is 11.7. The van der Waals surface area contributed by atoms with Gasteiger partial charge in [0.25, 0.3) is 0 Å². The van der Waals surface area contributed by atoms with Crippen LogP contribution in [0.1, 0.15) is 38.5 Å². The first-order valence-electron chi connectivity index (χ1n) is 8.21. The number of benzene rings is 3. The summed E-state index contributed by atoms with van der Waals surface area (Å²) in [7, 11) is 0. The van der Waals surface area contributed by atoms with E-state index in [1.165, 1.54) is 5.56 Å². The molecule has 0 aromatic heterocycles. The fraction of sp³-hybridized carbons (Fsp3) is 0.0870. The van der Waals surface area contributed by atoms with Crippen LogP contribution in [0.4, 0.5) is 0 Å². The highest BCUT2D eigenvalue weighted by Crippen LogP contribution is 2.42. The van der Waals surface area contributed by atoms with Gasteiger partial charge in [-0.2, -0.15) is 0 Å². The van der Waals surface area contributed by atoms with Gasteiger partial charge in [0, 0.05) is 17.1 Å². The van der Waals surface area contributed by atoms with Crippen LogP contribution in [-0.2, 0) is 0 Å². The SMILES string of the molecule is Cc1ccc(C(=O)C2=Cc3ccccc3C2c2ccccc2)cc1. The summed E-state index contributed by atoms with van der Waals surface area (Å²) in [5.41, 5.74) is 6.27. The summed E-state index contributed by atoms with van der Waals surface area (Å²) < 4.78 is 0. The number of carbonyl (C=O) groups excluding carboxylic acids is 1. The minimum atomic E-state index is 0.0104. The van der Waals surface area contributed by atoms with E-state index in [2.05, 4.69) is 30.3 Å². The molecule has 0 radical (unpaired) electrons. The molecule has 1 aliphatic carbocycles. The highest BCUT2D eigenvalue weighted by molar-refractivity contribution is 6.14. The molecule has 0 aliphatic heterocycles. The summed E-state index contributed by atoms with van der Waals surface area (Å²) in [6.07, 6.45) is 2.05. The maximum absolute atomic E-state index is 13.1. The number of Topliss-reactive ketones (excluding diaryl/α,β-unsaturated/α-hetero) is 1. The van der Waals surface area contributed by atoms with Crippen molar-refractivity contribution < 1.29 is 4.79 Å². The highest BCUT2D eigenvalue weighted by atomic mass is 16.1. The van der Waals surface area contributed by atoms with Crippen LogP contribution in [0.25, 0.3) is 6.08 Å². The zero-order valence-corrected chi connectivity index (χ0v) is 13.6. The minimum absolute atomic E-state index is 0.0104. The second-order valence-corrected chi connectivity index (χ2v) is 6.27. The average Bonchev–Trinajstić information content (AvgIpc) is 3.02. The fourth-order valence-electron chi connectivity index (χ4n) is 3.40. The summed E-state index contributed by atoms with van der Waals surface area (Å²) in [6.45, 7) is 2.03. The van der Waals surface area contributed by atoms with Crippen molar-refractivity contribution in [1.82, 2.24) is 0 Å². The quantitative estimate of drug-likeness (QED) is 0.591. The maximum atomic E-state index is 13.1. The van der Waals surface area contributed by atoms with Crippen LogP contribution in [0.2, 0.25) is 0 Å². The van der Waals surface area contributed by atoms with Gasteiger partial charge < -0.3 is 0 Å². The molecule has 3 aromatic carbocycles. The lowest BCUT2D eigenvalue weighted by Crippen LogP contribution is -2.10. The van der Waals surface area contributed by atoms with E-state index in [9.17, 15) is 4.79 Å². The highest BCUT2D eigenvalue weighted by Gasteiger charge is 2.31.